The standard InChI is InChI=1S/C15H17FN4O2S2/c1-22-14-9-13(19-24(21)20-6-3-7-20)17-15(18-14)23-10-11-4-2-5-12(16)8-11/h2,4-5,8-9H,3,6-7,10H2,1H3,(H,17,18,19). The molecule has 1 fully saturated rings. The van der Waals surface area contributed by atoms with Crippen LogP contribution in [0.2, 0.25) is 0 Å². The van der Waals surface area contributed by atoms with Crippen molar-refractivity contribution in [3.63, 3.8) is 0 Å². The third-order valence-corrected chi connectivity index (χ3v) is 5.53. The number of hydrogen-bond donors (Lipinski definition) is 1. The maximum atomic E-state index is 13.2. The Hall–Kier alpha value is -1.71. The van der Waals surface area contributed by atoms with Gasteiger partial charge in [-0.3, -0.25) is 4.72 Å². The van der Waals surface area contributed by atoms with Gasteiger partial charge >= 0.3 is 0 Å². The van der Waals surface area contributed by atoms with E-state index in [9.17, 15) is 8.60 Å². The van der Waals surface area contributed by atoms with Gasteiger partial charge in [0.25, 0.3) is 0 Å². The molecule has 1 aromatic heterocycles. The number of hydrogen-bond acceptors (Lipinski definition) is 5. The van der Waals surface area contributed by atoms with E-state index in [2.05, 4.69) is 14.7 Å². The average Bonchev–Trinajstić information content (AvgIpc) is 2.51. The van der Waals surface area contributed by atoms with Gasteiger partial charge < -0.3 is 4.74 Å². The van der Waals surface area contributed by atoms with Crippen LogP contribution in [0.3, 0.4) is 0 Å². The molecule has 24 heavy (non-hydrogen) atoms. The van der Waals surface area contributed by atoms with Gasteiger partial charge in [0.2, 0.25) is 5.88 Å². The molecule has 1 saturated heterocycles. The molecule has 0 bridgehead atoms. The van der Waals surface area contributed by atoms with Crippen molar-refractivity contribution in [2.75, 3.05) is 24.9 Å². The second kappa shape index (κ2) is 7.91. The van der Waals surface area contributed by atoms with Gasteiger partial charge in [0, 0.05) is 24.9 Å². The van der Waals surface area contributed by atoms with Gasteiger partial charge in [0.05, 0.1) is 7.11 Å². The maximum Gasteiger partial charge on any atom is 0.219 e. The van der Waals surface area contributed by atoms with Crippen molar-refractivity contribution in [1.29, 1.82) is 0 Å². The molecule has 6 nitrogen and oxygen atoms in total. The Kier molecular flexibility index (Phi) is 5.64. The fraction of sp³-hybridized carbons (Fsp3) is 0.333. The molecule has 0 aliphatic carbocycles. The number of methoxy groups -OCH3 is 1. The maximum absolute atomic E-state index is 13.2. The normalized spacial score (nSPS) is 15.6. The lowest BCUT2D eigenvalue weighted by Crippen LogP contribution is -2.41. The molecule has 0 radical (unpaired) electrons. The first kappa shape index (κ1) is 17.1. The molecule has 9 heteroatoms. The molecule has 2 aromatic rings. The van der Waals surface area contributed by atoms with Gasteiger partial charge in [0.1, 0.15) is 11.6 Å². The summed E-state index contributed by atoms with van der Waals surface area (Å²) < 4.78 is 35.2. The first-order valence-corrected chi connectivity index (χ1v) is 9.47. The predicted octanol–water partition coefficient (Wildman–Crippen LogP) is 2.61. The highest BCUT2D eigenvalue weighted by molar-refractivity contribution is 7.98. The van der Waals surface area contributed by atoms with Crippen molar-refractivity contribution >= 4 is 28.8 Å². The van der Waals surface area contributed by atoms with E-state index in [0.29, 0.717) is 22.6 Å². The van der Waals surface area contributed by atoms with Crippen molar-refractivity contribution in [2.24, 2.45) is 0 Å². The Morgan fingerprint density at radius 3 is 2.88 bits per heavy atom. The average molecular weight is 368 g/mol. The topological polar surface area (TPSA) is 67.3 Å². The zero-order valence-electron chi connectivity index (χ0n) is 13.1. The Labute approximate surface area is 146 Å². The summed E-state index contributed by atoms with van der Waals surface area (Å²) in [4.78, 5) is 8.61. The lowest BCUT2D eigenvalue weighted by atomic mass is 10.2. The number of rotatable bonds is 7. The van der Waals surface area contributed by atoms with Crippen molar-refractivity contribution in [2.45, 2.75) is 17.3 Å². The summed E-state index contributed by atoms with van der Waals surface area (Å²) in [6.45, 7) is 1.62. The molecular weight excluding hydrogens is 351 g/mol. The molecule has 0 spiro atoms. The highest BCUT2D eigenvalue weighted by Crippen LogP contribution is 2.24. The highest BCUT2D eigenvalue weighted by atomic mass is 32.2. The summed E-state index contributed by atoms with van der Waals surface area (Å²) in [5.74, 6) is 1.08. The number of aromatic nitrogens is 2. The van der Waals surface area contributed by atoms with Crippen LogP contribution in [0.15, 0.2) is 35.5 Å². The molecule has 0 amide bonds. The molecule has 2 heterocycles. The lowest BCUT2D eigenvalue weighted by Gasteiger charge is -2.28. The van der Waals surface area contributed by atoms with Crippen LogP contribution in [0, 0.1) is 5.82 Å². The fourth-order valence-electron chi connectivity index (χ4n) is 2.01. The van der Waals surface area contributed by atoms with E-state index >= 15 is 0 Å². The van der Waals surface area contributed by atoms with Crippen LogP contribution in [0.4, 0.5) is 10.2 Å². The van der Waals surface area contributed by atoms with Crippen LogP contribution in [0.25, 0.3) is 0 Å². The molecule has 1 N–H and O–H groups in total. The van der Waals surface area contributed by atoms with Gasteiger partial charge in [-0.15, -0.1) is 0 Å². The van der Waals surface area contributed by atoms with E-state index < -0.39 is 11.2 Å². The number of nitrogens with zero attached hydrogens (tertiary/aromatic N) is 3. The molecule has 1 aliphatic heterocycles. The number of nitrogens with one attached hydrogen (secondary N) is 1. The van der Waals surface area contributed by atoms with E-state index in [0.717, 1.165) is 25.1 Å². The third kappa shape index (κ3) is 4.43. The summed E-state index contributed by atoms with van der Waals surface area (Å²) in [5, 5.41) is 0.474. The van der Waals surface area contributed by atoms with E-state index in [1.54, 1.807) is 12.1 Å². The van der Waals surface area contributed by atoms with Crippen molar-refractivity contribution in [3.8, 4) is 5.88 Å². The summed E-state index contributed by atoms with van der Waals surface area (Å²) in [6.07, 6.45) is 1.05. The van der Waals surface area contributed by atoms with E-state index in [1.165, 1.54) is 31.0 Å². The summed E-state index contributed by atoms with van der Waals surface area (Å²) in [7, 11) is 1.51. The fourth-order valence-corrected chi connectivity index (χ4v) is 3.80. The number of ether oxygens (including phenoxy) is 1. The van der Waals surface area contributed by atoms with E-state index in [4.69, 9.17) is 4.74 Å². The minimum atomic E-state index is -1.31. The van der Waals surface area contributed by atoms with Gasteiger partial charge in [0.15, 0.2) is 16.3 Å². The van der Waals surface area contributed by atoms with Crippen LogP contribution in [-0.2, 0) is 16.9 Å². The van der Waals surface area contributed by atoms with Crippen molar-refractivity contribution < 1.29 is 13.3 Å². The lowest BCUT2D eigenvalue weighted by molar-refractivity contribution is 0.329. The molecule has 1 unspecified atom stereocenters. The Balaban J connectivity index is 1.69. The van der Waals surface area contributed by atoms with Gasteiger partial charge in [-0.25, -0.2) is 17.9 Å². The number of anilines is 1. The Bertz CT molecular complexity index is 743. The number of thioether (sulfide) groups is 1. The van der Waals surface area contributed by atoms with Crippen LogP contribution in [0.5, 0.6) is 5.88 Å². The summed E-state index contributed by atoms with van der Waals surface area (Å²) >= 11 is 0.0479. The predicted molar refractivity (Wildman–Crippen MR) is 92.5 cm³/mol. The summed E-state index contributed by atoms with van der Waals surface area (Å²) in [6, 6.07) is 7.99. The highest BCUT2D eigenvalue weighted by Gasteiger charge is 2.21. The Morgan fingerprint density at radius 2 is 2.21 bits per heavy atom. The second-order valence-corrected chi connectivity index (χ2v) is 7.29. The molecule has 128 valence electrons. The smallest absolute Gasteiger partial charge is 0.219 e. The number of benzene rings is 1. The van der Waals surface area contributed by atoms with E-state index in [1.807, 2.05) is 10.4 Å². The number of halogens is 1. The molecule has 1 aliphatic rings. The SMILES string of the molecule is COc1cc(NS(=O)N2CCC2)nc(SCc2cccc(F)c2)n1. The van der Waals surface area contributed by atoms with Crippen molar-refractivity contribution in [3.05, 3.63) is 41.7 Å². The first-order chi connectivity index (χ1) is 11.6. The van der Waals surface area contributed by atoms with Crippen LogP contribution < -0.4 is 9.46 Å². The minimum absolute atomic E-state index is 0.271. The third-order valence-electron chi connectivity index (χ3n) is 3.39. The Morgan fingerprint density at radius 1 is 1.38 bits per heavy atom. The monoisotopic (exact) mass is 368 g/mol. The van der Waals surface area contributed by atoms with Gasteiger partial charge in [-0.05, 0) is 24.1 Å². The quantitative estimate of drug-likeness (QED) is 0.601. The van der Waals surface area contributed by atoms with E-state index in [-0.39, 0.29) is 5.82 Å². The minimum Gasteiger partial charge on any atom is -0.481 e. The summed E-state index contributed by atoms with van der Waals surface area (Å²) in [5.41, 5.74) is 0.838. The molecular formula is C15H17FN4O2S2. The zero-order valence-corrected chi connectivity index (χ0v) is 14.7. The van der Waals surface area contributed by atoms with Gasteiger partial charge in [-0.1, -0.05) is 23.9 Å². The van der Waals surface area contributed by atoms with Crippen molar-refractivity contribution in [1.82, 2.24) is 14.3 Å². The van der Waals surface area contributed by atoms with Crippen LogP contribution in [-0.4, -0.2) is 38.7 Å². The molecule has 3 rings (SSSR count). The zero-order chi connectivity index (χ0) is 16.9. The van der Waals surface area contributed by atoms with Crippen LogP contribution >= 0.6 is 11.8 Å². The largest absolute Gasteiger partial charge is 0.481 e. The van der Waals surface area contributed by atoms with Gasteiger partial charge in [-0.2, -0.15) is 4.98 Å². The molecule has 1 aromatic carbocycles. The second-order valence-electron chi connectivity index (χ2n) is 5.13. The first-order valence-electron chi connectivity index (χ1n) is 7.38. The molecule has 0 saturated carbocycles. The molecule has 1 atom stereocenters. The van der Waals surface area contributed by atoms with Crippen LogP contribution in [0.1, 0.15) is 12.0 Å².